The van der Waals surface area contributed by atoms with Gasteiger partial charge in [0, 0.05) is 0 Å². The zero-order valence-corrected chi connectivity index (χ0v) is 2.85. The molecule has 0 aromatic rings. The van der Waals surface area contributed by atoms with Gasteiger partial charge in [-0.15, -0.1) is 0 Å². The van der Waals surface area contributed by atoms with Gasteiger partial charge in [-0.2, -0.15) is 0 Å². The zero-order chi connectivity index (χ0) is 3.54. The van der Waals surface area contributed by atoms with Crippen molar-refractivity contribution >= 4 is 6.40 Å². The van der Waals surface area contributed by atoms with Gasteiger partial charge in [-0.3, -0.25) is 0 Å². The van der Waals surface area contributed by atoms with E-state index in [2.05, 4.69) is 9.73 Å². The number of rotatable bonds is 0. The first-order valence-corrected chi connectivity index (χ1v) is 1.60. The molecule has 0 aromatic carbocycles. The van der Waals surface area contributed by atoms with Crippen molar-refractivity contribution in [1.82, 2.24) is 4.99 Å². The van der Waals surface area contributed by atoms with Crippen molar-refractivity contribution < 1.29 is 4.74 Å². The van der Waals surface area contributed by atoms with E-state index in [-0.39, 0.29) is 0 Å². The molecule has 1 heterocycles. The third kappa shape index (κ3) is 0.375. The van der Waals surface area contributed by atoms with Crippen LogP contribution in [-0.4, -0.2) is 19.6 Å². The fourth-order valence-corrected chi connectivity index (χ4v) is 0.264. The van der Waals surface area contributed by atoms with Crippen LogP contribution in [0.1, 0.15) is 0 Å². The SMILES string of the molecule is C1=[N+]CCO1. The molecule has 0 saturated carbocycles. The molecule has 0 N–H and O–H groups in total. The number of ether oxygens (including phenoxy) is 1. The lowest BCUT2D eigenvalue weighted by molar-refractivity contribution is 0.361. The normalized spacial score (nSPS) is 19.2. The predicted molar refractivity (Wildman–Crippen MR) is 19.0 cm³/mol. The van der Waals surface area contributed by atoms with Gasteiger partial charge < -0.3 is 4.74 Å². The molecule has 0 unspecified atom stereocenters. The second-order valence-corrected chi connectivity index (χ2v) is 0.882. The summed E-state index contributed by atoms with van der Waals surface area (Å²) in [6.07, 6.45) is 1.49. The van der Waals surface area contributed by atoms with Gasteiger partial charge in [0.25, 0.3) is 0 Å². The van der Waals surface area contributed by atoms with E-state index in [4.69, 9.17) is 0 Å². The van der Waals surface area contributed by atoms with E-state index in [1.807, 2.05) is 0 Å². The molecule has 0 spiro atoms. The van der Waals surface area contributed by atoms with Gasteiger partial charge in [0.2, 0.25) is 6.54 Å². The van der Waals surface area contributed by atoms with E-state index in [1.54, 1.807) is 0 Å². The number of hydrogen-bond acceptors (Lipinski definition) is 2. The Morgan fingerprint density at radius 3 is 3.00 bits per heavy atom. The second-order valence-electron chi connectivity index (χ2n) is 0.882. The molecular formula is C3H5NO+. The van der Waals surface area contributed by atoms with E-state index in [0.717, 1.165) is 13.2 Å². The summed E-state index contributed by atoms with van der Waals surface area (Å²) in [5, 5.41) is 0. The summed E-state index contributed by atoms with van der Waals surface area (Å²) in [6, 6.07) is 0. The lowest BCUT2D eigenvalue weighted by Gasteiger charge is -1.68. The molecule has 1 rings (SSSR count). The monoisotopic (exact) mass is 71.0 g/mol. The van der Waals surface area contributed by atoms with E-state index < -0.39 is 0 Å². The summed E-state index contributed by atoms with van der Waals surface area (Å²) in [6.45, 7) is 1.62. The van der Waals surface area contributed by atoms with Gasteiger partial charge >= 0.3 is 6.40 Å². The average molecular weight is 71.1 g/mol. The molecule has 2 heteroatoms. The Bertz CT molecular complexity index is 44.9. The largest absolute Gasteiger partial charge is 0.439 e. The minimum atomic E-state index is 0.778. The lowest BCUT2D eigenvalue weighted by Crippen LogP contribution is -1.85. The summed E-state index contributed by atoms with van der Waals surface area (Å²) in [5.41, 5.74) is 0. The van der Waals surface area contributed by atoms with Crippen molar-refractivity contribution in [3.63, 3.8) is 0 Å². The molecule has 27 valence electrons. The van der Waals surface area contributed by atoms with E-state index in [1.165, 1.54) is 6.40 Å². The number of nitrogens with zero attached hydrogens (tertiary/aromatic N) is 1. The topological polar surface area (TPSA) is 23.3 Å². The van der Waals surface area contributed by atoms with Crippen LogP contribution >= 0.6 is 0 Å². The Hall–Kier alpha value is -0.530. The predicted octanol–water partition coefficient (Wildman–Crippen LogP) is -0.619. The van der Waals surface area contributed by atoms with E-state index in [0.29, 0.717) is 0 Å². The quantitative estimate of drug-likeness (QED) is 0.373. The summed E-state index contributed by atoms with van der Waals surface area (Å²) < 4.78 is 4.65. The highest BCUT2D eigenvalue weighted by atomic mass is 16.5. The Kier molecular flexibility index (Phi) is 0.571. The van der Waals surface area contributed by atoms with Crippen molar-refractivity contribution in [2.24, 2.45) is 0 Å². The first-order valence-electron chi connectivity index (χ1n) is 1.60. The molecule has 0 amide bonds. The van der Waals surface area contributed by atoms with E-state index >= 15 is 0 Å². The number of aliphatic imine (C=N–C) groups is 1. The van der Waals surface area contributed by atoms with Gasteiger partial charge in [-0.05, 0) is 0 Å². The molecular weight excluding hydrogens is 66.0 g/mol. The van der Waals surface area contributed by atoms with Crippen LogP contribution in [0, 0.1) is 0 Å². The third-order valence-corrected chi connectivity index (χ3v) is 0.487. The molecule has 0 atom stereocenters. The van der Waals surface area contributed by atoms with Crippen LogP contribution < -0.4 is 4.99 Å². The van der Waals surface area contributed by atoms with E-state index in [9.17, 15) is 0 Å². The highest BCUT2D eigenvalue weighted by Crippen LogP contribution is 1.68. The third-order valence-electron chi connectivity index (χ3n) is 0.487. The van der Waals surface area contributed by atoms with Gasteiger partial charge in [-0.25, -0.2) is 0 Å². The summed E-state index contributed by atoms with van der Waals surface area (Å²) in [5.74, 6) is 0. The van der Waals surface area contributed by atoms with Crippen molar-refractivity contribution in [3.8, 4) is 0 Å². The van der Waals surface area contributed by atoms with Crippen LogP contribution in [0.2, 0.25) is 0 Å². The van der Waals surface area contributed by atoms with Crippen LogP contribution in [0.4, 0.5) is 0 Å². The molecule has 2 nitrogen and oxygen atoms in total. The van der Waals surface area contributed by atoms with Crippen LogP contribution in [0.5, 0.6) is 0 Å². The molecule has 1 aliphatic rings. The Morgan fingerprint density at radius 2 is 2.80 bits per heavy atom. The molecule has 0 saturated heterocycles. The standard InChI is InChI=1S/C3H5NO/c1-2-5-3-4-1/h3H,1-2H2/q+1. The zero-order valence-electron chi connectivity index (χ0n) is 2.85. The maximum absolute atomic E-state index is 4.65. The summed E-state index contributed by atoms with van der Waals surface area (Å²) in [4.78, 5) is 3.74. The van der Waals surface area contributed by atoms with Crippen LogP contribution in [0.15, 0.2) is 0 Å². The second kappa shape index (κ2) is 1.06. The first kappa shape index (κ1) is 2.69. The molecule has 5 heavy (non-hydrogen) atoms. The molecule has 0 fully saturated rings. The van der Waals surface area contributed by atoms with Crippen LogP contribution in [0.3, 0.4) is 0 Å². The smallest absolute Gasteiger partial charge is 0.390 e. The Balaban J connectivity index is 2.32. The first-order chi connectivity index (χ1) is 2.50. The van der Waals surface area contributed by atoms with Crippen molar-refractivity contribution in [1.29, 1.82) is 0 Å². The number of hydrogen-bond donors (Lipinski definition) is 0. The van der Waals surface area contributed by atoms with Gasteiger partial charge in [0.1, 0.15) is 0 Å². The molecule has 1 aliphatic heterocycles. The summed E-state index contributed by atoms with van der Waals surface area (Å²) >= 11 is 0. The van der Waals surface area contributed by atoms with Crippen molar-refractivity contribution in [3.05, 3.63) is 0 Å². The molecule has 1 radical (unpaired) electrons. The Labute approximate surface area is 30.5 Å². The Morgan fingerprint density at radius 1 is 1.80 bits per heavy atom. The van der Waals surface area contributed by atoms with Gasteiger partial charge in [-0.1, -0.05) is 0 Å². The van der Waals surface area contributed by atoms with Crippen molar-refractivity contribution in [2.75, 3.05) is 13.2 Å². The highest BCUT2D eigenvalue weighted by Gasteiger charge is 2.00. The molecule has 0 aliphatic carbocycles. The van der Waals surface area contributed by atoms with Crippen molar-refractivity contribution in [2.45, 2.75) is 0 Å². The summed E-state index contributed by atoms with van der Waals surface area (Å²) in [7, 11) is 0. The van der Waals surface area contributed by atoms with Crippen LogP contribution in [-0.2, 0) is 4.74 Å². The lowest BCUT2D eigenvalue weighted by atomic mass is 10.8. The fraction of sp³-hybridized carbons (Fsp3) is 0.667. The van der Waals surface area contributed by atoms with Gasteiger partial charge in [0.05, 0.1) is 4.99 Å². The minimum Gasteiger partial charge on any atom is -0.439 e. The maximum atomic E-state index is 4.65. The maximum Gasteiger partial charge on any atom is 0.390 e. The average Bonchev–Trinajstić information content (AvgIpc) is 1.76. The van der Waals surface area contributed by atoms with Crippen LogP contribution in [0.25, 0.3) is 0 Å². The molecule has 0 aromatic heterocycles. The molecule has 0 bridgehead atoms. The highest BCUT2D eigenvalue weighted by molar-refractivity contribution is 5.46. The minimum absolute atomic E-state index is 0.778. The van der Waals surface area contributed by atoms with Gasteiger partial charge in [0.15, 0.2) is 6.61 Å². The fourth-order valence-electron chi connectivity index (χ4n) is 0.264.